The molecule has 0 aromatic rings. The molecule has 0 amide bonds. The first kappa shape index (κ1) is 9.61. The van der Waals surface area contributed by atoms with Gasteiger partial charge in [-0.1, -0.05) is 12.8 Å². The molecule has 1 atom stereocenters. The standard InChI is InChI=1S/C11H19N/c1-2-3-5-8-11-9-6-4-7-10-12-11/h1,11-12H,3-10H2. The van der Waals surface area contributed by atoms with Crippen LogP contribution < -0.4 is 5.32 Å². The lowest BCUT2D eigenvalue weighted by Gasteiger charge is -2.14. The normalized spacial score (nSPS) is 24.4. The van der Waals surface area contributed by atoms with Gasteiger partial charge in [-0.15, -0.1) is 12.3 Å². The zero-order chi connectivity index (χ0) is 8.65. The summed E-state index contributed by atoms with van der Waals surface area (Å²) in [5, 5.41) is 3.57. The summed E-state index contributed by atoms with van der Waals surface area (Å²) in [6, 6.07) is 0.751. The van der Waals surface area contributed by atoms with Gasteiger partial charge in [0.25, 0.3) is 0 Å². The lowest BCUT2D eigenvalue weighted by molar-refractivity contribution is 0.467. The molecule has 0 aliphatic carbocycles. The van der Waals surface area contributed by atoms with Crippen molar-refractivity contribution in [2.75, 3.05) is 6.54 Å². The second-order valence-electron chi connectivity index (χ2n) is 3.60. The van der Waals surface area contributed by atoms with Gasteiger partial charge in [-0.05, 0) is 32.2 Å². The van der Waals surface area contributed by atoms with E-state index in [0.29, 0.717) is 0 Å². The van der Waals surface area contributed by atoms with E-state index in [0.717, 1.165) is 12.5 Å². The van der Waals surface area contributed by atoms with Crippen LogP contribution in [0.25, 0.3) is 0 Å². The highest BCUT2D eigenvalue weighted by atomic mass is 14.9. The molecule has 1 heteroatoms. The summed E-state index contributed by atoms with van der Waals surface area (Å²) in [7, 11) is 0. The molecule has 1 heterocycles. The maximum atomic E-state index is 5.20. The maximum Gasteiger partial charge on any atom is 0.00866 e. The van der Waals surface area contributed by atoms with Crippen LogP contribution in [0, 0.1) is 12.3 Å². The van der Waals surface area contributed by atoms with Crippen molar-refractivity contribution in [1.29, 1.82) is 0 Å². The van der Waals surface area contributed by atoms with Crippen molar-refractivity contribution < 1.29 is 0 Å². The Bertz CT molecular complexity index is 138. The molecule has 12 heavy (non-hydrogen) atoms. The average molecular weight is 165 g/mol. The molecule has 0 spiro atoms. The highest BCUT2D eigenvalue weighted by molar-refractivity contribution is 4.84. The van der Waals surface area contributed by atoms with Gasteiger partial charge >= 0.3 is 0 Å². The molecule has 1 unspecified atom stereocenters. The van der Waals surface area contributed by atoms with Crippen molar-refractivity contribution in [3.63, 3.8) is 0 Å². The van der Waals surface area contributed by atoms with Crippen molar-refractivity contribution in [3.8, 4) is 12.3 Å². The van der Waals surface area contributed by atoms with E-state index in [-0.39, 0.29) is 0 Å². The molecule has 0 radical (unpaired) electrons. The molecule has 68 valence electrons. The van der Waals surface area contributed by atoms with E-state index in [9.17, 15) is 0 Å². The van der Waals surface area contributed by atoms with Crippen LogP contribution in [0.3, 0.4) is 0 Å². The molecule has 1 fully saturated rings. The highest BCUT2D eigenvalue weighted by Crippen LogP contribution is 2.12. The van der Waals surface area contributed by atoms with Crippen molar-refractivity contribution in [2.45, 2.75) is 51.0 Å². The summed E-state index contributed by atoms with van der Waals surface area (Å²) in [5.74, 6) is 2.70. The maximum absolute atomic E-state index is 5.20. The number of hydrogen-bond donors (Lipinski definition) is 1. The van der Waals surface area contributed by atoms with Crippen LogP contribution in [-0.2, 0) is 0 Å². The summed E-state index contributed by atoms with van der Waals surface area (Å²) in [6.45, 7) is 1.21. The number of nitrogens with one attached hydrogen (secondary N) is 1. The van der Waals surface area contributed by atoms with Gasteiger partial charge in [-0.25, -0.2) is 0 Å². The van der Waals surface area contributed by atoms with E-state index < -0.39 is 0 Å². The summed E-state index contributed by atoms with van der Waals surface area (Å²) in [5.41, 5.74) is 0. The zero-order valence-corrected chi connectivity index (χ0v) is 7.81. The third-order valence-corrected chi connectivity index (χ3v) is 2.54. The van der Waals surface area contributed by atoms with Gasteiger partial charge in [0.05, 0.1) is 0 Å². The largest absolute Gasteiger partial charge is 0.314 e. The van der Waals surface area contributed by atoms with Crippen LogP contribution in [-0.4, -0.2) is 12.6 Å². The van der Waals surface area contributed by atoms with Gasteiger partial charge in [0.1, 0.15) is 0 Å². The minimum Gasteiger partial charge on any atom is -0.314 e. The minimum atomic E-state index is 0.751. The second-order valence-corrected chi connectivity index (χ2v) is 3.60. The van der Waals surface area contributed by atoms with Crippen LogP contribution in [0.2, 0.25) is 0 Å². The number of terminal acetylenes is 1. The lowest BCUT2D eigenvalue weighted by atomic mass is 10.0. The van der Waals surface area contributed by atoms with E-state index in [1.54, 1.807) is 0 Å². The molecule has 1 aliphatic rings. The first-order chi connectivity index (χ1) is 5.93. The summed E-state index contributed by atoms with van der Waals surface area (Å²) >= 11 is 0. The van der Waals surface area contributed by atoms with Gasteiger partial charge in [0.2, 0.25) is 0 Å². The fourth-order valence-electron chi connectivity index (χ4n) is 1.80. The van der Waals surface area contributed by atoms with Crippen molar-refractivity contribution in [2.24, 2.45) is 0 Å². The number of unbranched alkanes of at least 4 members (excludes halogenated alkanes) is 1. The van der Waals surface area contributed by atoms with E-state index in [2.05, 4.69) is 11.2 Å². The molecule has 1 nitrogen and oxygen atoms in total. The number of hydrogen-bond acceptors (Lipinski definition) is 1. The Morgan fingerprint density at radius 1 is 1.33 bits per heavy atom. The Hall–Kier alpha value is -0.480. The summed E-state index contributed by atoms with van der Waals surface area (Å²) in [6.07, 6.45) is 14.1. The van der Waals surface area contributed by atoms with Gasteiger partial charge in [-0.2, -0.15) is 0 Å². The van der Waals surface area contributed by atoms with Crippen LogP contribution in [0.1, 0.15) is 44.9 Å². The third-order valence-electron chi connectivity index (χ3n) is 2.54. The Kier molecular flexibility index (Phi) is 4.87. The van der Waals surface area contributed by atoms with Crippen molar-refractivity contribution in [1.82, 2.24) is 5.32 Å². The van der Waals surface area contributed by atoms with Crippen molar-refractivity contribution >= 4 is 0 Å². The fraction of sp³-hybridized carbons (Fsp3) is 0.818. The van der Waals surface area contributed by atoms with E-state index in [4.69, 9.17) is 6.42 Å². The van der Waals surface area contributed by atoms with E-state index >= 15 is 0 Å². The molecule has 0 bridgehead atoms. The van der Waals surface area contributed by atoms with Gasteiger partial charge in [0, 0.05) is 12.5 Å². The van der Waals surface area contributed by atoms with Gasteiger partial charge in [-0.3, -0.25) is 0 Å². The van der Waals surface area contributed by atoms with Crippen LogP contribution in [0.15, 0.2) is 0 Å². The fourth-order valence-corrected chi connectivity index (χ4v) is 1.80. The molecule has 1 saturated heterocycles. The Balaban J connectivity index is 2.08. The van der Waals surface area contributed by atoms with E-state index in [1.807, 2.05) is 0 Å². The second kappa shape index (κ2) is 6.08. The monoisotopic (exact) mass is 165 g/mol. The van der Waals surface area contributed by atoms with Gasteiger partial charge in [0.15, 0.2) is 0 Å². The SMILES string of the molecule is C#CCCCC1CCCCCN1. The first-order valence-electron chi connectivity index (χ1n) is 5.10. The first-order valence-corrected chi connectivity index (χ1v) is 5.10. The molecule has 1 rings (SSSR count). The molecule has 0 aromatic carbocycles. The zero-order valence-electron chi connectivity index (χ0n) is 7.81. The molecule has 1 N–H and O–H groups in total. The minimum absolute atomic E-state index is 0.751. The van der Waals surface area contributed by atoms with Crippen LogP contribution in [0.4, 0.5) is 0 Å². The van der Waals surface area contributed by atoms with Crippen molar-refractivity contribution in [3.05, 3.63) is 0 Å². The summed E-state index contributed by atoms with van der Waals surface area (Å²) < 4.78 is 0. The van der Waals surface area contributed by atoms with Gasteiger partial charge < -0.3 is 5.32 Å². The van der Waals surface area contributed by atoms with Crippen LogP contribution in [0.5, 0.6) is 0 Å². The molecular weight excluding hydrogens is 146 g/mol. The predicted octanol–water partition coefficient (Wildman–Crippen LogP) is 2.32. The molecule has 0 saturated carbocycles. The molecule has 0 aromatic heterocycles. The molecular formula is C11H19N. The predicted molar refractivity (Wildman–Crippen MR) is 52.9 cm³/mol. The smallest absolute Gasteiger partial charge is 0.00866 e. The topological polar surface area (TPSA) is 12.0 Å². The number of rotatable bonds is 3. The van der Waals surface area contributed by atoms with Crippen LogP contribution >= 0.6 is 0 Å². The quantitative estimate of drug-likeness (QED) is 0.500. The Morgan fingerprint density at radius 3 is 3.08 bits per heavy atom. The highest BCUT2D eigenvalue weighted by Gasteiger charge is 2.09. The molecule has 1 aliphatic heterocycles. The lowest BCUT2D eigenvalue weighted by Crippen LogP contribution is -2.27. The van der Waals surface area contributed by atoms with E-state index in [1.165, 1.54) is 45.1 Å². The average Bonchev–Trinajstić information content (AvgIpc) is 2.33. The Labute approximate surface area is 75.9 Å². The Morgan fingerprint density at radius 2 is 2.25 bits per heavy atom. The summed E-state index contributed by atoms with van der Waals surface area (Å²) in [4.78, 5) is 0. The third kappa shape index (κ3) is 3.78.